The van der Waals surface area contributed by atoms with E-state index in [4.69, 9.17) is 0 Å². The second kappa shape index (κ2) is 9.07. The number of likely N-dealkylation sites (tertiary alicyclic amines) is 1. The SMILES string of the molecule is CN(C)C(=O)N1CCC(C(=O)N2CCN(S(=O)(=O)c3ccc4ccccc4c3)CC2)CC1. The lowest BCUT2D eigenvalue weighted by molar-refractivity contribution is -0.138. The van der Waals surface area contributed by atoms with E-state index in [-0.39, 0.29) is 22.8 Å². The van der Waals surface area contributed by atoms with E-state index in [1.165, 1.54) is 4.31 Å². The number of fused-ring (bicyclic) bond motifs is 1. The minimum Gasteiger partial charge on any atom is -0.340 e. The van der Waals surface area contributed by atoms with Crippen LogP contribution >= 0.6 is 0 Å². The number of sulfonamides is 1. The Morgan fingerprint density at radius 2 is 1.47 bits per heavy atom. The number of amides is 3. The number of urea groups is 1. The Hall–Kier alpha value is -2.65. The Morgan fingerprint density at radius 1 is 0.844 bits per heavy atom. The Balaban J connectivity index is 1.35. The number of hydrogen-bond donors (Lipinski definition) is 0. The molecule has 9 heteroatoms. The fraction of sp³-hybridized carbons (Fsp3) is 0.478. The molecule has 0 unspecified atom stereocenters. The van der Waals surface area contributed by atoms with Gasteiger partial charge in [-0.05, 0) is 35.7 Å². The number of piperidine rings is 1. The molecule has 0 atom stereocenters. The van der Waals surface area contributed by atoms with Crippen LogP contribution in [0.15, 0.2) is 47.4 Å². The summed E-state index contributed by atoms with van der Waals surface area (Å²) < 4.78 is 27.8. The molecule has 8 nitrogen and oxygen atoms in total. The third kappa shape index (κ3) is 4.45. The molecule has 3 amide bonds. The summed E-state index contributed by atoms with van der Waals surface area (Å²) in [6.07, 6.45) is 1.29. The van der Waals surface area contributed by atoms with E-state index in [1.54, 1.807) is 40.9 Å². The van der Waals surface area contributed by atoms with Crippen molar-refractivity contribution in [2.24, 2.45) is 5.92 Å². The first kappa shape index (κ1) is 22.5. The zero-order valence-corrected chi connectivity index (χ0v) is 19.4. The summed E-state index contributed by atoms with van der Waals surface area (Å²) in [7, 11) is -0.151. The third-order valence-electron chi connectivity index (χ3n) is 6.41. The van der Waals surface area contributed by atoms with Crippen LogP contribution in [0, 0.1) is 5.92 Å². The number of carbonyl (C=O) groups is 2. The lowest BCUT2D eigenvalue weighted by Gasteiger charge is -2.38. The van der Waals surface area contributed by atoms with Gasteiger partial charge in [0.2, 0.25) is 15.9 Å². The van der Waals surface area contributed by atoms with Crippen LogP contribution in [0.25, 0.3) is 10.8 Å². The highest BCUT2D eigenvalue weighted by Crippen LogP contribution is 2.25. The van der Waals surface area contributed by atoms with E-state index in [9.17, 15) is 18.0 Å². The van der Waals surface area contributed by atoms with Crippen molar-refractivity contribution in [3.63, 3.8) is 0 Å². The zero-order chi connectivity index (χ0) is 22.9. The van der Waals surface area contributed by atoms with Crippen molar-refractivity contribution in [1.82, 2.24) is 19.0 Å². The molecular formula is C23H30N4O4S. The predicted molar refractivity (Wildman–Crippen MR) is 123 cm³/mol. The number of carbonyl (C=O) groups excluding carboxylic acids is 2. The third-order valence-corrected chi connectivity index (χ3v) is 8.30. The van der Waals surface area contributed by atoms with E-state index in [2.05, 4.69) is 0 Å². The van der Waals surface area contributed by atoms with E-state index >= 15 is 0 Å². The highest BCUT2D eigenvalue weighted by molar-refractivity contribution is 7.89. The van der Waals surface area contributed by atoms with Gasteiger partial charge in [0.05, 0.1) is 4.90 Å². The molecule has 0 N–H and O–H groups in total. The summed E-state index contributed by atoms with van der Waals surface area (Å²) in [6.45, 7) is 2.51. The standard InChI is InChI=1S/C23H30N4O4S/c1-24(2)23(29)26-11-9-19(10-12-26)22(28)25-13-15-27(16-14-25)32(30,31)21-8-7-18-5-3-4-6-20(18)17-21/h3-8,17,19H,9-16H2,1-2H3. The minimum atomic E-state index is -3.61. The Morgan fingerprint density at radius 3 is 2.09 bits per heavy atom. The van der Waals surface area contributed by atoms with E-state index in [0.29, 0.717) is 52.1 Å². The topological polar surface area (TPSA) is 81.2 Å². The summed E-state index contributed by atoms with van der Waals surface area (Å²) in [5.74, 6) is -0.0328. The molecule has 2 fully saturated rings. The van der Waals surface area contributed by atoms with Crippen molar-refractivity contribution in [3.05, 3.63) is 42.5 Å². The van der Waals surface area contributed by atoms with Gasteiger partial charge in [-0.2, -0.15) is 4.31 Å². The molecule has 2 saturated heterocycles. The number of nitrogens with zero attached hydrogens (tertiary/aromatic N) is 4. The normalized spacial score (nSPS) is 18.7. The molecule has 32 heavy (non-hydrogen) atoms. The van der Waals surface area contributed by atoms with Gasteiger partial charge in [-0.15, -0.1) is 0 Å². The molecular weight excluding hydrogens is 428 g/mol. The fourth-order valence-electron chi connectivity index (χ4n) is 4.48. The first-order chi connectivity index (χ1) is 15.3. The Kier molecular flexibility index (Phi) is 6.39. The Labute approximate surface area is 189 Å². The van der Waals surface area contributed by atoms with Crippen LogP contribution in [0.5, 0.6) is 0 Å². The Bertz CT molecular complexity index is 1100. The molecule has 2 aliphatic heterocycles. The van der Waals surface area contributed by atoms with Crippen molar-refractivity contribution in [2.45, 2.75) is 17.7 Å². The average Bonchev–Trinajstić information content (AvgIpc) is 2.83. The van der Waals surface area contributed by atoms with E-state index < -0.39 is 10.0 Å². The maximum Gasteiger partial charge on any atom is 0.319 e. The molecule has 0 radical (unpaired) electrons. The van der Waals surface area contributed by atoms with E-state index in [0.717, 1.165) is 10.8 Å². The molecule has 0 aliphatic carbocycles. The lowest BCUT2D eigenvalue weighted by atomic mass is 9.95. The first-order valence-corrected chi connectivity index (χ1v) is 12.5. The van der Waals surface area contributed by atoms with Crippen molar-refractivity contribution in [3.8, 4) is 0 Å². The van der Waals surface area contributed by atoms with Crippen LogP contribution in [0.4, 0.5) is 4.79 Å². The highest BCUT2D eigenvalue weighted by Gasteiger charge is 2.34. The van der Waals surface area contributed by atoms with Gasteiger partial charge in [-0.25, -0.2) is 13.2 Å². The maximum absolute atomic E-state index is 13.1. The minimum absolute atomic E-state index is 0.0246. The quantitative estimate of drug-likeness (QED) is 0.705. The van der Waals surface area contributed by atoms with Crippen molar-refractivity contribution < 1.29 is 18.0 Å². The second-order valence-corrected chi connectivity index (χ2v) is 10.6. The van der Waals surface area contributed by atoms with Gasteiger partial charge in [0.15, 0.2) is 0 Å². The van der Waals surface area contributed by atoms with Gasteiger partial charge >= 0.3 is 6.03 Å². The van der Waals surface area contributed by atoms with Crippen LogP contribution in [-0.4, -0.2) is 92.7 Å². The molecule has 0 saturated carbocycles. The molecule has 2 aromatic carbocycles. The summed E-state index contributed by atoms with van der Waals surface area (Å²) >= 11 is 0. The number of piperazine rings is 1. The van der Waals surface area contributed by atoms with Gasteiger partial charge in [0, 0.05) is 59.3 Å². The average molecular weight is 459 g/mol. The number of rotatable bonds is 3. The van der Waals surface area contributed by atoms with Crippen LogP contribution in [0.2, 0.25) is 0 Å². The molecule has 2 aromatic rings. The summed E-state index contributed by atoms with van der Waals surface area (Å²) in [5.41, 5.74) is 0. The summed E-state index contributed by atoms with van der Waals surface area (Å²) in [5, 5.41) is 1.89. The number of hydrogen-bond acceptors (Lipinski definition) is 4. The molecule has 2 aliphatic rings. The van der Waals surface area contributed by atoms with E-state index in [1.807, 2.05) is 30.3 Å². The van der Waals surface area contributed by atoms with Crippen LogP contribution < -0.4 is 0 Å². The zero-order valence-electron chi connectivity index (χ0n) is 18.6. The lowest BCUT2D eigenvalue weighted by Crippen LogP contribution is -2.53. The van der Waals surface area contributed by atoms with Crippen LogP contribution in [0.1, 0.15) is 12.8 Å². The van der Waals surface area contributed by atoms with Gasteiger partial charge in [-0.3, -0.25) is 4.79 Å². The van der Waals surface area contributed by atoms with Crippen LogP contribution in [0.3, 0.4) is 0 Å². The van der Waals surface area contributed by atoms with Gasteiger partial charge in [0.25, 0.3) is 0 Å². The van der Waals surface area contributed by atoms with Crippen LogP contribution in [-0.2, 0) is 14.8 Å². The predicted octanol–water partition coefficient (Wildman–Crippen LogP) is 2.07. The molecule has 0 bridgehead atoms. The maximum atomic E-state index is 13.1. The molecule has 172 valence electrons. The van der Waals surface area contributed by atoms with Crippen molar-refractivity contribution in [1.29, 1.82) is 0 Å². The first-order valence-electron chi connectivity index (χ1n) is 11.0. The summed E-state index contributed by atoms with van der Waals surface area (Å²) in [4.78, 5) is 30.5. The van der Waals surface area contributed by atoms with Crippen molar-refractivity contribution in [2.75, 3.05) is 53.4 Å². The molecule has 4 rings (SSSR count). The molecule has 0 spiro atoms. The fourth-order valence-corrected chi connectivity index (χ4v) is 5.94. The van der Waals surface area contributed by atoms with Gasteiger partial charge in [-0.1, -0.05) is 30.3 Å². The molecule has 0 aromatic heterocycles. The second-order valence-electron chi connectivity index (χ2n) is 8.68. The molecule has 2 heterocycles. The van der Waals surface area contributed by atoms with Crippen molar-refractivity contribution >= 4 is 32.7 Å². The monoisotopic (exact) mass is 458 g/mol. The van der Waals surface area contributed by atoms with Gasteiger partial charge < -0.3 is 14.7 Å². The number of benzene rings is 2. The van der Waals surface area contributed by atoms with Gasteiger partial charge in [0.1, 0.15) is 0 Å². The smallest absolute Gasteiger partial charge is 0.319 e. The largest absolute Gasteiger partial charge is 0.340 e. The highest BCUT2D eigenvalue weighted by atomic mass is 32.2. The summed E-state index contributed by atoms with van der Waals surface area (Å²) in [6, 6.07) is 12.8.